The number of rotatable bonds is 5. The Balaban J connectivity index is 1.32. The summed E-state index contributed by atoms with van der Waals surface area (Å²) in [4.78, 5) is 12.1. The third-order valence-corrected chi connectivity index (χ3v) is 6.82. The monoisotopic (exact) mass is 404 g/mol. The molecule has 1 aliphatic heterocycles. The zero-order chi connectivity index (χ0) is 20.1. The molecule has 0 atom stereocenters. The van der Waals surface area contributed by atoms with Crippen LogP contribution >= 0.6 is 0 Å². The van der Waals surface area contributed by atoms with Gasteiger partial charge in [-0.2, -0.15) is 5.10 Å². The molecule has 6 rings (SSSR count). The van der Waals surface area contributed by atoms with E-state index >= 15 is 0 Å². The second kappa shape index (κ2) is 7.32. The quantitative estimate of drug-likeness (QED) is 0.704. The van der Waals surface area contributed by atoms with Crippen molar-refractivity contribution in [3.63, 3.8) is 0 Å². The van der Waals surface area contributed by atoms with E-state index in [0.29, 0.717) is 17.9 Å². The fourth-order valence-corrected chi connectivity index (χ4v) is 4.70. The van der Waals surface area contributed by atoms with Gasteiger partial charge in [-0.15, -0.1) is 0 Å². The molecular weight excluding hydrogens is 376 g/mol. The fraction of sp³-hybridized carbons (Fsp3) is 0.522. The van der Waals surface area contributed by atoms with Crippen molar-refractivity contribution in [3.8, 4) is 11.3 Å². The molecule has 3 aromatic rings. The standard InChI is InChI=1S/C23H28N6O/c24-12-15-9-18(10-15)29-14-19(23(27-29)16-1-2-16)22-13-25-21-11-17(3-4-20(21)26-22)28-5-7-30-8-6-28/h3-4,11,13-16,18H,1-2,5-10,12,24H2. The Morgan fingerprint density at radius 1 is 1.10 bits per heavy atom. The molecule has 7 heteroatoms. The molecule has 3 heterocycles. The molecule has 2 aromatic heterocycles. The lowest BCUT2D eigenvalue weighted by Gasteiger charge is -2.34. The Bertz CT molecular complexity index is 1060. The maximum atomic E-state index is 5.81. The molecule has 0 radical (unpaired) electrons. The van der Waals surface area contributed by atoms with Gasteiger partial charge in [-0.25, -0.2) is 4.98 Å². The third-order valence-electron chi connectivity index (χ3n) is 6.82. The number of benzene rings is 1. The van der Waals surface area contributed by atoms with Crippen LogP contribution in [0.1, 0.15) is 43.3 Å². The summed E-state index contributed by atoms with van der Waals surface area (Å²) in [6, 6.07) is 6.87. The van der Waals surface area contributed by atoms with E-state index in [2.05, 4.69) is 34.0 Å². The highest BCUT2D eigenvalue weighted by Crippen LogP contribution is 2.45. The van der Waals surface area contributed by atoms with Crippen LogP contribution in [0, 0.1) is 5.92 Å². The molecule has 0 unspecified atom stereocenters. The largest absolute Gasteiger partial charge is 0.378 e. The van der Waals surface area contributed by atoms with Gasteiger partial charge in [-0.05, 0) is 56.3 Å². The van der Waals surface area contributed by atoms with Crippen LogP contribution in [0.3, 0.4) is 0 Å². The van der Waals surface area contributed by atoms with Gasteiger partial charge >= 0.3 is 0 Å². The maximum Gasteiger partial charge on any atom is 0.0927 e. The first kappa shape index (κ1) is 18.3. The lowest BCUT2D eigenvalue weighted by atomic mass is 9.80. The number of anilines is 1. The van der Waals surface area contributed by atoms with Crippen molar-refractivity contribution in [2.45, 2.75) is 37.6 Å². The van der Waals surface area contributed by atoms with Crippen LogP contribution in [-0.4, -0.2) is 52.6 Å². The molecular formula is C23H28N6O. The first-order valence-electron chi connectivity index (χ1n) is 11.2. The normalized spacial score (nSPS) is 24.2. The van der Waals surface area contributed by atoms with E-state index in [1.165, 1.54) is 24.2 Å². The van der Waals surface area contributed by atoms with E-state index in [1.54, 1.807) is 0 Å². The molecule has 2 aliphatic carbocycles. The van der Waals surface area contributed by atoms with Crippen molar-refractivity contribution < 1.29 is 4.74 Å². The van der Waals surface area contributed by atoms with E-state index in [4.69, 9.17) is 25.5 Å². The molecule has 1 aromatic carbocycles. The number of fused-ring (bicyclic) bond motifs is 1. The van der Waals surface area contributed by atoms with Gasteiger partial charge in [-0.1, -0.05) is 0 Å². The average Bonchev–Trinajstić information content (AvgIpc) is 3.52. The van der Waals surface area contributed by atoms with Crippen molar-refractivity contribution in [1.29, 1.82) is 0 Å². The fourth-order valence-electron chi connectivity index (χ4n) is 4.70. The van der Waals surface area contributed by atoms with Gasteiger partial charge < -0.3 is 15.4 Å². The van der Waals surface area contributed by atoms with E-state index in [9.17, 15) is 0 Å². The van der Waals surface area contributed by atoms with Crippen LogP contribution in [0.4, 0.5) is 5.69 Å². The number of aromatic nitrogens is 4. The molecule has 3 fully saturated rings. The molecule has 3 aliphatic rings. The van der Waals surface area contributed by atoms with E-state index in [1.807, 2.05) is 6.20 Å². The molecule has 7 nitrogen and oxygen atoms in total. The van der Waals surface area contributed by atoms with Gasteiger partial charge in [-0.3, -0.25) is 9.67 Å². The summed E-state index contributed by atoms with van der Waals surface area (Å²) in [5.74, 6) is 1.22. The van der Waals surface area contributed by atoms with Crippen LogP contribution in [0.2, 0.25) is 0 Å². The zero-order valence-corrected chi connectivity index (χ0v) is 17.2. The Hall–Kier alpha value is -2.51. The van der Waals surface area contributed by atoms with Gasteiger partial charge in [0.15, 0.2) is 0 Å². The van der Waals surface area contributed by atoms with Crippen molar-refractivity contribution in [2.75, 3.05) is 37.7 Å². The van der Waals surface area contributed by atoms with Gasteiger partial charge in [0.1, 0.15) is 0 Å². The smallest absolute Gasteiger partial charge is 0.0927 e. The second-order valence-electron chi connectivity index (χ2n) is 8.94. The first-order chi connectivity index (χ1) is 14.8. The Kier molecular flexibility index (Phi) is 4.46. The first-order valence-corrected chi connectivity index (χ1v) is 11.2. The van der Waals surface area contributed by atoms with Gasteiger partial charge in [0.2, 0.25) is 0 Å². The van der Waals surface area contributed by atoms with E-state index in [0.717, 1.165) is 68.0 Å². The summed E-state index contributed by atoms with van der Waals surface area (Å²) in [6.45, 7) is 4.19. The number of morpholine rings is 1. The van der Waals surface area contributed by atoms with Crippen molar-refractivity contribution >= 4 is 16.7 Å². The molecule has 0 spiro atoms. The molecule has 30 heavy (non-hydrogen) atoms. The molecule has 2 N–H and O–H groups in total. The minimum absolute atomic E-state index is 0.481. The van der Waals surface area contributed by atoms with Crippen LogP contribution in [0.15, 0.2) is 30.6 Å². The summed E-state index contributed by atoms with van der Waals surface area (Å²) in [5, 5.41) is 4.98. The zero-order valence-electron chi connectivity index (χ0n) is 17.2. The van der Waals surface area contributed by atoms with E-state index in [-0.39, 0.29) is 0 Å². The van der Waals surface area contributed by atoms with Crippen molar-refractivity contribution in [1.82, 2.24) is 19.7 Å². The second-order valence-corrected chi connectivity index (χ2v) is 8.94. The number of ether oxygens (including phenoxy) is 1. The summed E-state index contributed by atoms with van der Waals surface area (Å²) in [5.41, 5.74) is 12.2. The van der Waals surface area contributed by atoms with E-state index < -0.39 is 0 Å². The lowest BCUT2D eigenvalue weighted by molar-refractivity contribution is 0.122. The Morgan fingerprint density at radius 3 is 2.70 bits per heavy atom. The van der Waals surface area contributed by atoms with Crippen molar-refractivity contribution in [2.24, 2.45) is 11.7 Å². The summed E-state index contributed by atoms with van der Waals surface area (Å²) < 4.78 is 7.64. The third kappa shape index (κ3) is 3.26. The summed E-state index contributed by atoms with van der Waals surface area (Å²) in [6.07, 6.45) is 8.84. The highest BCUT2D eigenvalue weighted by molar-refractivity contribution is 5.81. The molecule has 1 saturated heterocycles. The SMILES string of the molecule is NCC1CC(n2cc(-c3cnc4cc(N5CCOCC5)ccc4n3)c(C3CC3)n2)C1. The topological polar surface area (TPSA) is 82.1 Å². The highest BCUT2D eigenvalue weighted by atomic mass is 16.5. The number of nitrogens with two attached hydrogens (primary N) is 1. The molecule has 0 bridgehead atoms. The molecule has 2 saturated carbocycles. The number of hydrogen-bond donors (Lipinski definition) is 1. The summed E-state index contributed by atoms with van der Waals surface area (Å²) >= 11 is 0. The molecule has 156 valence electrons. The van der Waals surface area contributed by atoms with Crippen LogP contribution in [-0.2, 0) is 4.74 Å². The van der Waals surface area contributed by atoms with Gasteiger partial charge in [0.05, 0.1) is 47.9 Å². The van der Waals surface area contributed by atoms with Crippen molar-refractivity contribution in [3.05, 3.63) is 36.3 Å². The van der Waals surface area contributed by atoms with Crippen LogP contribution in [0.25, 0.3) is 22.3 Å². The lowest BCUT2D eigenvalue weighted by Crippen LogP contribution is -2.36. The van der Waals surface area contributed by atoms with Gasteiger partial charge in [0.25, 0.3) is 0 Å². The van der Waals surface area contributed by atoms with Gasteiger partial charge in [0, 0.05) is 36.5 Å². The minimum Gasteiger partial charge on any atom is -0.378 e. The Morgan fingerprint density at radius 2 is 1.93 bits per heavy atom. The Labute approximate surface area is 176 Å². The maximum absolute atomic E-state index is 5.81. The average molecular weight is 405 g/mol. The number of hydrogen-bond acceptors (Lipinski definition) is 6. The highest BCUT2D eigenvalue weighted by Gasteiger charge is 2.34. The number of nitrogens with zero attached hydrogens (tertiary/aromatic N) is 5. The predicted octanol–water partition coefficient (Wildman–Crippen LogP) is 3.12. The predicted molar refractivity (Wildman–Crippen MR) is 117 cm³/mol. The minimum atomic E-state index is 0.481. The van der Waals surface area contributed by atoms with Crippen LogP contribution in [0.5, 0.6) is 0 Å². The molecule has 0 amide bonds. The van der Waals surface area contributed by atoms with Crippen LogP contribution < -0.4 is 10.6 Å². The summed E-state index contributed by atoms with van der Waals surface area (Å²) in [7, 11) is 0.